The minimum atomic E-state index is -0.493. The van der Waals surface area contributed by atoms with Gasteiger partial charge in [-0.25, -0.2) is 0 Å². The summed E-state index contributed by atoms with van der Waals surface area (Å²) in [5.74, 6) is 0. The largest absolute Gasteiger partial charge is 0.390 e. The monoisotopic (exact) mass is 518 g/mol. The zero-order chi connectivity index (χ0) is 25.1. The van der Waals surface area contributed by atoms with Crippen molar-refractivity contribution in [3.05, 3.63) is 106 Å². The third-order valence-electron chi connectivity index (χ3n) is 6.88. The Labute approximate surface area is 222 Å². The van der Waals surface area contributed by atoms with Crippen molar-refractivity contribution in [1.29, 1.82) is 0 Å². The van der Waals surface area contributed by atoms with Gasteiger partial charge >= 0.3 is 0 Å². The molecule has 0 heterocycles. The molecule has 186 valence electrons. The number of hydrogen-bond acceptors (Lipinski definition) is 4. The van der Waals surface area contributed by atoms with Gasteiger partial charge in [0.25, 0.3) is 0 Å². The molecule has 0 saturated heterocycles. The molecule has 0 saturated carbocycles. The highest BCUT2D eigenvalue weighted by Crippen LogP contribution is 2.32. The first kappa shape index (κ1) is 24.6. The van der Waals surface area contributed by atoms with Crippen LogP contribution in [-0.4, -0.2) is 32.6 Å². The number of thiocarbonyl (C=S) groups is 2. The fraction of sp³-hybridized carbons (Fsp3) is 0.286. The van der Waals surface area contributed by atoms with Gasteiger partial charge in [-0.1, -0.05) is 72.8 Å². The van der Waals surface area contributed by atoms with Crippen LogP contribution in [-0.2, 0) is 25.9 Å². The molecule has 0 aromatic heterocycles. The van der Waals surface area contributed by atoms with E-state index in [1.165, 1.54) is 0 Å². The highest BCUT2D eigenvalue weighted by Gasteiger charge is 2.32. The number of rotatable bonds is 6. The molecule has 0 unspecified atom stereocenters. The minimum Gasteiger partial charge on any atom is -0.390 e. The highest BCUT2D eigenvalue weighted by molar-refractivity contribution is 7.80. The van der Waals surface area contributed by atoms with E-state index < -0.39 is 12.2 Å². The molecule has 3 aromatic rings. The summed E-state index contributed by atoms with van der Waals surface area (Å²) in [6, 6.07) is 23.9. The van der Waals surface area contributed by atoms with E-state index >= 15 is 0 Å². The van der Waals surface area contributed by atoms with E-state index in [4.69, 9.17) is 24.4 Å². The first-order chi connectivity index (χ1) is 17.5. The van der Waals surface area contributed by atoms with E-state index in [9.17, 15) is 10.2 Å². The summed E-state index contributed by atoms with van der Waals surface area (Å²) < 4.78 is 0. The van der Waals surface area contributed by atoms with Crippen molar-refractivity contribution in [2.24, 2.45) is 0 Å². The number of aliphatic hydroxyl groups excluding tert-OH is 2. The van der Waals surface area contributed by atoms with Gasteiger partial charge in [0.1, 0.15) is 0 Å². The lowest BCUT2D eigenvalue weighted by Crippen LogP contribution is -2.40. The standard InChI is InChI=1S/C28H30N4O2S2/c33-23-13-19-8-1-3-10-21(19)25(23)31-27(35)29-15-17-6-5-7-18(12-17)16-30-28(36)32-26-22-11-4-2-9-20(22)14-24(26)34/h1-12,23-26,33-34H,13-16H2,(H2,29,31,35)(H2,30,32,36)/t23-,24-,25+,26+/m1/s1. The SMILES string of the molecule is O[C@@H]1Cc2ccccc2[C@@H]1NC(=S)NCc1cccc(CNC(=S)N[C@H]2c3ccccc3C[C@H]2O)c1. The molecule has 6 nitrogen and oxygen atoms in total. The smallest absolute Gasteiger partial charge is 0.167 e. The van der Waals surface area contributed by atoms with Gasteiger partial charge in [0, 0.05) is 25.9 Å². The van der Waals surface area contributed by atoms with Crippen molar-refractivity contribution in [1.82, 2.24) is 21.3 Å². The quantitative estimate of drug-likeness (QED) is 0.278. The summed E-state index contributed by atoms with van der Waals surface area (Å²) >= 11 is 11.0. The van der Waals surface area contributed by atoms with Crippen molar-refractivity contribution in [2.75, 3.05) is 0 Å². The summed E-state index contributed by atoms with van der Waals surface area (Å²) in [5.41, 5.74) is 6.68. The van der Waals surface area contributed by atoms with Crippen LogP contribution in [0.4, 0.5) is 0 Å². The van der Waals surface area contributed by atoms with Crippen molar-refractivity contribution >= 4 is 34.7 Å². The molecular weight excluding hydrogens is 488 g/mol. The second-order valence-electron chi connectivity index (χ2n) is 9.37. The molecule has 0 amide bonds. The summed E-state index contributed by atoms with van der Waals surface area (Å²) in [6.07, 6.45) is 0.281. The van der Waals surface area contributed by atoms with Gasteiger partial charge in [0.15, 0.2) is 10.2 Å². The summed E-state index contributed by atoms with van der Waals surface area (Å²) in [6.45, 7) is 1.13. The Hall–Kier alpha value is -3.04. The lowest BCUT2D eigenvalue weighted by Gasteiger charge is -2.21. The number of hydrogen-bond donors (Lipinski definition) is 6. The van der Waals surface area contributed by atoms with E-state index in [-0.39, 0.29) is 12.1 Å². The van der Waals surface area contributed by atoms with Gasteiger partial charge in [0.2, 0.25) is 0 Å². The Bertz CT molecular complexity index is 1170. The zero-order valence-electron chi connectivity index (χ0n) is 19.8. The van der Waals surface area contributed by atoms with Crippen molar-refractivity contribution in [3.63, 3.8) is 0 Å². The van der Waals surface area contributed by atoms with Crippen molar-refractivity contribution < 1.29 is 10.2 Å². The van der Waals surface area contributed by atoms with E-state index in [2.05, 4.69) is 27.3 Å². The van der Waals surface area contributed by atoms with Crippen LogP contribution >= 0.6 is 24.4 Å². The van der Waals surface area contributed by atoms with Gasteiger partial charge in [-0.15, -0.1) is 0 Å². The maximum atomic E-state index is 10.5. The topological polar surface area (TPSA) is 88.6 Å². The number of benzene rings is 3. The van der Waals surface area contributed by atoms with Gasteiger partial charge in [-0.3, -0.25) is 0 Å². The van der Waals surface area contributed by atoms with Crippen LogP contribution in [0.2, 0.25) is 0 Å². The summed E-state index contributed by atoms with van der Waals surface area (Å²) in [4.78, 5) is 0. The molecule has 4 atom stereocenters. The van der Waals surface area contributed by atoms with Crippen LogP contribution in [0, 0.1) is 0 Å². The fourth-order valence-corrected chi connectivity index (χ4v) is 5.49. The minimum absolute atomic E-state index is 0.199. The van der Waals surface area contributed by atoms with Gasteiger partial charge in [-0.05, 0) is 57.8 Å². The van der Waals surface area contributed by atoms with Crippen LogP contribution in [0.5, 0.6) is 0 Å². The van der Waals surface area contributed by atoms with Gasteiger partial charge in [0.05, 0.1) is 24.3 Å². The Balaban J connectivity index is 1.11. The van der Waals surface area contributed by atoms with Crippen LogP contribution in [0.1, 0.15) is 45.5 Å². The molecule has 0 spiro atoms. The molecule has 2 aliphatic rings. The molecule has 5 rings (SSSR count). The molecule has 6 N–H and O–H groups in total. The average Bonchev–Trinajstić information content (AvgIpc) is 3.37. The molecule has 0 bridgehead atoms. The van der Waals surface area contributed by atoms with Crippen LogP contribution < -0.4 is 21.3 Å². The lowest BCUT2D eigenvalue weighted by atomic mass is 10.1. The normalized spacial score (nSPS) is 21.8. The molecule has 0 fully saturated rings. The second-order valence-corrected chi connectivity index (χ2v) is 10.2. The second kappa shape index (κ2) is 10.9. The number of fused-ring (bicyclic) bond motifs is 2. The first-order valence-electron chi connectivity index (χ1n) is 12.2. The average molecular weight is 519 g/mol. The predicted octanol–water partition coefficient (Wildman–Crippen LogP) is 2.93. The molecule has 3 aromatic carbocycles. The Morgan fingerprint density at radius 2 is 1.11 bits per heavy atom. The molecule has 8 heteroatoms. The predicted molar refractivity (Wildman–Crippen MR) is 149 cm³/mol. The van der Waals surface area contributed by atoms with Gasteiger partial charge < -0.3 is 31.5 Å². The molecule has 0 aliphatic heterocycles. The zero-order valence-corrected chi connectivity index (χ0v) is 21.4. The summed E-state index contributed by atoms with van der Waals surface area (Å²) in [5, 5.41) is 35.0. The van der Waals surface area contributed by atoms with Crippen molar-refractivity contribution in [2.45, 2.75) is 50.2 Å². The maximum absolute atomic E-state index is 10.5. The Morgan fingerprint density at radius 3 is 1.58 bits per heavy atom. The third-order valence-corrected chi connectivity index (χ3v) is 7.40. The molecule has 36 heavy (non-hydrogen) atoms. The number of nitrogens with one attached hydrogen (secondary N) is 4. The Morgan fingerprint density at radius 1 is 0.667 bits per heavy atom. The molecule has 2 aliphatic carbocycles. The summed E-state index contributed by atoms with van der Waals surface area (Å²) in [7, 11) is 0. The highest BCUT2D eigenvalue weighted by atomic mass is 32.1. The van der Waals surface area contributed by atoms with Crippen LogP contribution in [0.3, 0.4) is 0 Å². The van der Waals surface area contributed by atoms with Crippen LogP contribution in [0.25, 0.3) is 0 Å². The lowest BCUT2D eigenvalue weighted by molar-refractivity contribution is 0.150. The van der Waals surface area contributed by atoms with E-state index in [1.807, 2.05) is 66.7 Å². The fourth-order valence-electron chi connectivity index (χ4n) is 5.09. The van der Waals surface area contributed by atoms with Crippen molar-refractivity contribution in [3.8, 4) is 0 Å². The Kier molecular flexibility index (Phi) is 7.48. The van der Waals surface area contributed by atoms with E-state index in [1.54, 1.807) is 0 Å². The molecule has 0 radical (unpaired) electrons. The van der Waals surface area contributed by atoms with E-state index in [0.717, 1.165) is 33.4 Å². The molecular formula is C28H30N4O2S2. The maximum Gasteiger partial charge on any atom is 0.167 e. The number of aliphatic hydroxyl groups is 2. The van der Waals surface area contributed by atoms with Crippen LogP contribution in [0.15, 0.2) is 72.8 Å². The third kappa shape index (κ3) is 5.52. The van der Waals surface area contributed by atoms with Gasteiger partial charge in [-0.2, -0.15) is 0 Å². The van der Waals surface area contributed by atoms with E-state index in [0.29, 0.717) is 36.2 Å². The first-order valence-corrected chi connectivity index (χ1v) is 13.0.